The van der Waals surface area contributed by atoms with Crippen LogP contribution in [0.2, 0.25) is 0 Å². The number of rotatable bonds is 5. The van der Waals surface area contributed by atoms with E-state index in [4.69, 9.17) is 9.15 Å². The van der Waals surface area contributed by atoms with Crippen LogP contribution in [0.4, 0.5) is 0 Å². The number of benzene rings is 1. The van der Waals surface area contributed by atoms with Gasteiger partial charge in [0.25, 0.3) is 5.22 Å². The van der Waals surface area contributed by atoms with Gasteiger partial charge in [-0.3, -0.25) is 0 Å². The molecule has 0 bridgehead atoms. The second-order valence-electron chi connectivity index (χ2n) is 4.01. The third-order valence-electron chi connectivity index (χ3n) is 2.44. The third-order valence-corrected chi connectivity index (χ3v) is 4.34. The van der Waals surface area contributed by atoms with Crippen LogP contribution in [0.5, 0.6) is 5.75 Å². The highest BCUT2D eigenvalue weighted by atomic mass is 79.9. The molecule has 6 nitrogen and oxygen atoms in total. The number of carboxylic acid groups (broad SMARTS) is 1. The maximum atomic E-state index is 11.4. The molecule has 0 saturated heterocycles. The second-order valence-corrected chi connectivity index (χ2v) is 6.78. The average molecular weight is 450 g/mol. The lowest BCUT2D eigenvalue weighted by Gasteiger charge is -2.09. The Labute approximate surface area is 147 Å². The Morgan fingerprint density at radius 3 is 2.68 bits per heavy atom. The molecule has 1 heterocycles. The largest absolute Gasteiger partial charge is 0.495 e. The maximum absolute atomic E-state index is 11.4. The minimum absolute atomic E-state index is 0.0342. The molecule has 0 aliphatic carbocycles. The van der Waals surface area contributed by atoms with Gasteiger partial charge in [0, 0.05) is 17.0 Å². The van der Waals surface area contributed by atoms with Gasteiger partial charge in [0.1, 0.15) is 10.7 Å². The number of aliphatic carboxylic acids is 1. The van der Waals surface area contributed by atoms with E-state index in [0.29, 0.717) is 21.7 Å². The molecule has 116 valence electrons. The molecule has 22 heavy (non-hydrogen) atoms. The van der Waals surface area contributed by atoms with E-state index in [1.807, 2.05) is 6.07 Å². The summed E-state index contributed by atoms with van der Waals surface area (Å²) in [5.74, 6) is -0.196. The van der Waals surface area contributed by atoms with Crippen molar-refractivity contribution in [2.45, 2.75) is 12.1 Å². The highest BCUT2D eigenvalue weighted by Crippen LogP contribution is 2.36. The normalized spacial score (nSPS) is 11.5. The molecule has 9 heteroatoms. The van der Waals surface area contributed by atoms with E-state index in [-0.39, 0.29) is 10.1 Å². The van der Waals surface area contributed by atoms with Gasteiger partial charge < -0.3 is 14.3 Å². The molecule has 1 N–H and O–H groups in total. The molecule has 0 amide bonds. The van der Waals surface area contributed by atoms with Gasteiger partial charge in [-0.25, -0.2) is 4.79 Å². The number of thioether (sulfide) groups is 1. The van der Waals surface area contributed by atoms with E-state index in [0.717, 1.165) is 16.2 Å². The van der Waals surface area contributed by atoms with Crippen LogP contribution in [0.25, 0.3) is 6.08 Å². The minimum atomic E-state index is -1.10. The van der Waals surface area contributed by atoms with E-state index in [9.17, 15) is 9.90 Å². The Balaban J connectivity index is 2.44. The number of carboxylic acids is 1. The molecule has 1 aromatic carbocycles. The second kappa shape index (κ2) is 7.30. The van der Waals surface area contributed by atoms with Gasteiger partial charge in [0.2, 0.25) is 5.89 Å². The van der Waals surface area contributed by atoms with Crippen molar-refractivity contribution in [3.8, 4) is 5.75 Å². The molecular formula is C13H10Br2N2O4S. The van der Waals surface area contributed by atoms with Crippen LogP contribution in [-0.4, -0.2) is 28.4 Å². The Kier molecular flexibility index (Phi) is 5.65. The summed E-state index contributed by atoms with van der Waals surface area (Å²) in [6.07, 6.45) is 1.49. The predicted molar refractivity (Wildman–Crippen MR) is 88.9 cm³/mol. The minimum Gasteiger partial charge on any atom is -0.495 e. The number of aryl methyl sites for hydroxylation is 1. The van der Waals surface area contributed by atoms with Crippen molar-refractivity contribution in [3.05, 3.63) is 37.4 Å². The third kappa shape index (κ3) is 4.11. The Morgan fingerprint density at radius 1 is 1.41 bits per heavy atom. The van der Waals surface area contributed by atoms with E-state index in [1.165, 1.54) is 13.2 Å². The van der Waals surface area contributed by atoms with Crippen LogP contribution < -0.4 is 4.74 Å². The fourth-order valence-electron chi connectivity index (χ4n) is 1.59. The van der Waals surface area contributed by atoms with Crippen LogP contribution >= 0.6 is 43.6 Å². The number of hydrogen-bond acceptors (Lipinski definition) is 6. The van der Waals surface area contributed by atoms with Crippen LogP contribution in [0.1, 0.15) is 11.5 Å². The lowest BCUT2D eigenvalue weighted by Crippen LogP contribution is -1.98. The summed E-state index contributed by atoms with van der Waals surface area (Å²) in [5, 5.41) is 17.0. The van der Waals surface area contributed by atoms with Gasteiger partial charge in [-0.1, -0.05) is 15.9 Å². The summed E-state index contributed by atoms with van der Waals surface area (Å²) >= 11 is 7.62. The van der Waals surface area contributed by atoms with Crippen LogP contribution in [0.15, 0.2) is 35.6 Å². The van der Waals surface area contributed by atoms with Gasteiger partial charge >= 0.3 is 5.97 Å². The Morgan fingerprint density at radius 2 is 2.14 bits per heavy atom. The number of hydrogen-bond donors (Lipinski definition) is 1. The molecule has 0 aliphatic heterocycles. The number of halogens is 2. The average Bonchev–Trinajstić information content (AvgIpc) is 2.83. The van der Waals surface area contributed by atoms with Gasteiger partial charge in [-0.15, -0.1) is 10.2 Å². The van der Waals surface area contributed by atoms with E-state index in [1.54, 1.807) is 13.0 Å². The Hall–Kier alpha value is -1.32. The topological polar surface area (TPSA) is 85.5 Å². The van der Waals surface area contributed by atoms with Crippen LogP contribution in [-0.2, 0) is 4.79 Å². The van der Waals surface area contributed by atoms with E-state index >= 15 is 0 Å². The quantitative estimate of drug-likeness (QED) is 0.542. The summed E-state index contributed by atoms with van der Waals surface area (Å²) in [6.45, 7) is 1.63. The summed E-state index contributed by atoms with van der Waals surface area (Å²) < 4.78 is 12.0. The SMILES string of the molecule is COc1c(Br)cc(Br)cc1/C=C(\Sc1nnc(C)o1)C(=O)O. The zero-order valence-electron chi connectivity index (χ0n) is 11.5. The predicted octanol–water partition coefficient (Wildman–Crippen LogP) is 4.13. The molecule has 0 unspecified atom stereocenters. The first kappa shape index (κ1) is 17.0. The first-order valence-electron chi connectivity index (χ1n) is 5.86. The highest BCUT2D eigenvalue weighted by Gasteiger charge is 2.16. The van der Waals surface area contributed by atoms with Gasteiger partial charge in [0.15, 0.2) is 0 Å². The molecule has 0 spiro atoms. The van der Waals surface area contributed by atoms with Crippen molar-refractivity contribution in [1.29, 1.82) is 0 Å². The number of nitrogens with zero attached hydrogens (tertiary/aromatic N) is 2. The molecule has 2 rings (SSSR count). The first-order valence-corrected chi connectivity index (χ1v) is 8.27. The molecule has 0 aliphatic rings. The Bertz CT molecular complexity index is 746. The molecule has 2 aromatic rings. The van der Waals surface area contributed by atoms with Crippen molar-refractivity contribution in [3.63, 3.8) is 0 Å². The monoisotopic (exact) mass is 448 g/mol. The molecular weight excluding hydrogens is 440 g/mol. The fourth-order valence-corrected chi connectivity index (χ4v) is 3.72. The van der Waals surface area contributed by atoms with Crippen molar-refractivity contribution in [2.75, 3.05) is 7.11 Å². The van der Waals surface area contributed by atoms with Gasteiger partial charge in [-0.2, -0.15) is 0 Å². The molecule has 0 atom stereocenters. The molecule has 1 aromatic heterocycles. The number of carbonyl (C=O) groups is 1. The first-order chi connectivity index (χ1) is 10.4. The highest BCUT2D eigenvalue weighted by molar-refractivity contribution is 9.11. The number of methoxy groups -OCH3 is 1. The summed E-state index contributed by atoms with van der Waals surface area (Å²) in [6, 6.07) is 3.57. The smallest absolute Gasteiger partial charge is 0.342 e. The van der Waals surface area contributed by atoms with Crippen molar-refractivity contribution in [1.82, 2.24) is 10.2 Å². The fraction of sp³-hybridized carbons (Fsp3) is 0.154. The summed E-state index contributed by atoms with van der Waals surface area (Å²) in [4.78, 5) is 11.5. The standard InChI is InChI=1S/C13H10Br2N2O4S/c1-6-16-17-13(21-6)22-10(12(18)19)4-7-3-8(14)5-9(15)11(7)20-2/h3-5H,1-2H3,(H,18,19)/b10-4-. The summed E-state index contributed by atoms with van der Waals surface area (Å²) in [5.41, 5.74) is 0.602. The van der Waals surface area contributed by atoms with Crippen LogP contribution in [0.3, 0.4) is 0 Å². The van der Waals surface area contributed by atoms with Gasteiger partial charge in [-0.05, 0) is 45.9 Å². The maximum Gasteiger partial charge on any atom is 0.342 e. The lowest BCUT2D eigenvalue weighted by atomic mass is 10.2. The molecule has 0 saturated carbocycles. The molecule has 0 radical (unpaired) electrons. The zero-order valence-corrected chi connectivity index (χ0v) is 15.5. The number of ether oxygens (including phenoxy) is 1. The molecule has 0 fully saturated rings. The van der Waals surface area contributed by atoms with Crippen LogP contribution in [0, 0.1) is 6.92 Å². The van der Waals surface area contributed by atoms with Crippen molar-refractivity contribution < 1.29 is 19.1 Å². The van der Waals surface area contributed by atoms with Gasteiger partial charge in [0.05, 0.1) is 11.6 Å². The van der Waals surface area contributed by atoms with Crippen molar-refractivity contribution >= 4 is 55.7 Å². The van der Waals surface area contributed by atoms with Crippen molar-refractivity contribution in [2.24, 2.45) is 0 Å². The van der Waals surface area contributed by atoms with E-state index in [2.05, 4.69) is 42.1 Å². The number of aromatic nitrogens is 2. The lowest BCUT2D eigenvalue weighted by molar-refractivity contribution is -0.131. The van der Waals surface area contributed by atoms with E-state index < -0.39 is 5.97 Å². The zero-order chi connectivity index (χ0) is 16.3. The summed E-state index contributed by atoms with van der Waals surface area (Å²) in [7, 11) is 1.51.